The van der Waals surface area contributed by atoms with Gasteiger partial charge in [-0.1, -0.05) is 27.7 Å². The van der Waals surface area contributed by atoms with Crippen molar-refractivity contribution < 1.29 is 0 Å². The van der Waals surface area contributed by atoms with Gasteiger partial charge in [-0.25, -0.2) is 0 Å². The lowest BCUT2D eigenvalue weighted by Gasteiger charge is -2.36. The molecule has 0 amide bonds. The first-order valence-electron chi connectivity index (χ1n) is 5.76. The van der Waals surface area contributed by atoms with E-state index in [4.69, 9.17) is 5.73 Å². The lowest BCUT2D eigenvalue weighted by atomic mass is 9.72. The normalized spacial score (nSPS) is 37.8. The van der Waals surface area contributed by atoms with Crippen LogP contribution in [0.15, 0.2) is 0 Å². The molecule has 1 nitrogen and oxygen atoms in total. The molecule has 0 aliphatic heterocycles. The Morgan fingerprint density at radius 2 is 1.46 bits per heavy atom. The van der Waals surface area contributed by atoms with Gasteiger partial charge in [0, 0.05) is 6.04 Å². The van der Waals surface area contributed by atoms with Crippen molar-refractivity contribution in [2.45, 2.75) is 53.0 Å². The van der Waals surface area contributed by atoms with Crippen LogP contribution in [0.25, 0.3) is 0 Å². The van der Waals surface area contributed by atoms with Gasteiger partial charge in [-0.05, 0) is 42.9 Å². The SMILES string of the molecule is CC1CC(C)CC(C(N)C(C)C)C1. The van der Waals surface area contributed by atoms with Gasteiger partial charge in [-0.3, -0.25) is 0 Å². The van der Waals surface area contributed by atoms with Crippen molar-refractivity contribution in [1.29, 1.82) is 0 Å². The molecule has 1 aliphatic rings. The van der Waals surface area contributed by atoms with Crippen LogP contribution in [0, 0.1) is 23.7 Å². The number of hydrogen-bond donors (Lipinski definition) is 1. The van der Waals surface area contributed by atoms with Crippen molar-refractivity contribution in [2.75, 3.05) is 0 Å². The van der Waals surface area contributed by atoms with Gasteiger partial charge in [0.05, 0.1) is 0 Å². The van der Waals surface area contributed by atoms with Gasteiger partial charge in [0.2, 0.25) is 0 Å². The van der Waals surface area contributed by atoms with E-state index in [9.17, 15) is 0 Å². The maximum Gasteiger partial charge on any atom is 0.00905 e. The minimum atomic E-state index is 0.421. The van der Waals surface area contributed by atoms with E-state index in [0.717, 1.165) is 17.8 Å². The summed E-state index contributed by atoms with van der Waals surface area (Å²) < 4.78 is 0. The quantitative estimate of drug-likeness (QED) is 0.699. The molecule has 0 aromatic rings. The van der Waals surface area contributed by atoms with Gasteiger partial charge in [-0.2, -0.15) is 0 Å². The van der Waals surface area contributed by atoms with Crippen LogP contribution in [0.2, 0.25) is 0 Å². The molecule has 3 unspecified atom stereocenters. The van der Waals surface area contributed by atoms with Crippen LogP contribution in [0.3, 0.4) is 0 Å². The summed E-state index contributed by atoms with van der Waals surface area (Å²) in [7, 11) is 0. The lowest BCUT2D eigenvalue weighted by Crippen LogP contribution is -2.39. The molecule has 0 aromatic carbocycles. The molecule has 1 heteroatoms. The van der Waals surface area contributed by atoms with Crippen LogP contribution < -0.4 is 5.73 Å². The highest BCUT2D eigenvalue weighted by Crippen LogP contribution is 2.35. The first kappa shape index (κ1) is 11.0. The number of hydrogen-bond acceptors (Lipinski definition) is 1. The molecule has 1 fully saturated rings. The van der Waals surface area contributed by atoms with Crippen molar-refractivity contribution >= 4 is 0 Å². The second-order valence-corrected chi connectivity index (χ2v) is 5.50. The summed E-state index contributed by atoms with van der Waals surface area (Å²) >= 11 is 0. The van der Waals surface area contributed by atoms with Gasteiger partial charge < -0.3 is 5.73 Å². The zero-order chi connectivity index (χ0) is 10.0. The van der Waals surface area contributed by atoms with Crippen LogP contribution in [0.4, 0.5) is 0 Å². The maximum atomic E-state index is 6.22. The maximum absolute atomic E-state index is 6.22. The Kier molecular flexibility index (Phi) is 3.78. The Bertz CT molecular complexity index is 143. The average Bonchev–Trinajstić information content (AvgIpc) is 2.01. The number of rotatable bonds is 2. The second-order valence-electron chi connectivity index (χ2n) is 5.50. The van der Waals surface area contributed by atoms with Gasteiger partial charge in [-0.15, -0.1) is 0 Å². The van der Waals surface area contributed by atoms with Crippen molar-refractivity contribution in [1.82, 2.24) is 0 Å². The third kappa shape index (κ3) is 2.98. The summed E-state index contributed by atoms with van der Waals surface area (Å²) in [5.41, 5.74) is 6.22. The van der Waals surface area contributed by atoms with Crippen LogP contribution in [-0.2, 0) is 0 Å². The molecule has 1 aliphatic carbocycles. The second kappa shape index (κ2) is 4.45. The molecule has 0 heterocycles. The van der Waals surface area contributed by atoms with Gasteiger partial charge in [0.25, 0.3) is 0 Å². The smallest absolute Gasteiger partial charge is 0.00905 e. The summed E-state index contributed by atoms with van der Waals surface area (Å²) in [5.74, 6) is 3.19. The van der Waals surface area contributed by atoms with E-state index >= 15 is 0 Å². The Balaban J connectivity index is 2.49. The summed E-state index contributed by atoms with van der Waals surface area (Å²) in [6.45, 7) is 9.23. The van der Waals surface area contributed by atoms with Gasteiger partial charge in [0.1, 0.15) is 0 Å². The zero-order valence-corrected chi connectivity index (χ0v) is 9.59. The van der Waals surface area contributed by atoms with Crippen molar-refractivity contribution in [3.8, 4) is 0 Å². The Morgan fingerprint density at radius 1 is 1.00 bits per heavy atom. The molecule has 0 saturated heterocycles. The van der Waals surface area contributed by atoms with E-state index < -0.39 is 0 Å². The minimum Gasteiger partial charge on any atom is -0.327 e. The first-order chi connectivity index (χ1) is 6.00. The Hall–Kier alpha value is -0.0400. The van der Waals surface area contributed by atoms with Crippen LogP contribution in [0.1, 0.15) is 47.0 Å². The molecule has 78 valence electrons. The predicted molar refractivity (Wildman–Crippen MR) is 58.5 cm³/mol. The molecule has 0 spiro atoms. The molecule has 0 bridgehead atoms. The molecule has 13 heavy (non-hydrogen) atoms. The largest absolute Gasteiger partial charge is 0.327 e. The fourth-order valence-corrected chi connectivity index (χ4v) is 2.87. The van der Waals surface area contributed by atoms with Gasteiger partial charge >= 0.3 is 0 Å². The Labute approximate surface area is 83.1 Å². The first-order valence-corrected chi connectivity index (χ1v) is 5.76. The summed E-state index contributed by atoms with van der Waals surface area (Å²) in [5, 5.41) is 0. The zero-order valence-electron chi connectivity index (χ0n) is 9.59. The fourth-order valence-electron chi connectivity index (χ4n) is 2.87. The van der Waals surface area contributed by atoms with E-state index in [0.29, 0.717) is 12.0 Å². The molecule has 1 saturated carbocycles. The highest BCUT2D eigenvalue weighted by Gasteiger charge is 2.29. The van der Waals surface area contributed by atoms with Crippen molar-refractivity contribution in [2.24, 2.45) is 29.4 Å². The highest BCUT2D eigenvalue weighted by molar-refractivity contribution is 4.83. The number of nitrogens with two attached hydrogens (primary N) is 1. The topological polar surface area (TPSA) is 26.0 Å². The molecule has 2 N–H and O–H groups in total. The molecule has 0 aromatic heterocycles. The third-order valence-corrected chi connectivity index (χ3v) is 3.53. The molecular weight excluding hydrogens is 158 g/mol. The summed E-state index contributed by atoms with van der Waals surface area (Å²) in [6.07, 6.45) is 4.11. The van der Waals surface area contributed by atoms with E-state index in [1.165, 1.54) is 19.3 Å². The average molecular weight is 183 g/mol. The highest BCUT2D eigenvalue weighted by atomic mass is 14.7. The predicted octanol–water partition coefficient (Wildman–Crippen LogP) is 3.04. The standard InChI is InChI=1S/C12H25N/c1-8(2)12(13)11-6-9(3)5-10(4)7-11/h8-12H,5-7,13H2,1-4H3. The van der Waals surface area contributed by atoms with Crippen LogP contribution in [0.5, 0.6) is 0 Å². The van der Waals surface area contributed by atoms with Crippen LogP contribution >= 0.6 is 0 Å². The van der Waals surface area contributed by atoms with E-state index in [1.54, 1.807) is 0 Å². The van der Waals surface area contributed by atoms with Crippen LogP contribution in [-0.4, -0.2) is 6.04 Å². The van der Waals surface area contributed by atoms with E-state index in [1.807, 2.05) is 0 Å². The van der Waals surface area contributed by atoms with Crippen molar-refractivity contribution in [3.05, 3.63) is 0 Å². The lowest BCUT2D eigenvalue weighted by molar-refractivity contribution is 0.173. The summed E-state index contributed by atoms with van der Waals surface area (Å²) in [6, 6.07) is 0.421. The fraction of sp³-hybridized carbons (Fsp3) is 1.00. The van der Waals surface area contributed by atoms with Gasteiger partial charge in [0.15, 0.2) is 0 Å². The van der Waals surface area contributed by atoms with E-state index in [2.05, 4.69) is 27.7 Å². The molecule has 1 rings (SSSR count). The Morgan fingerprint density at radius 3 is 1.85 bits per heavy atom. The third-order valence-electron chi connectivity index (χ3n) is 3.53. The summed E-state index contributed by atoms with van der Waals surface area (Å²) in [4.78, 5) is 0. The van der Waals surface area contributed by atoms with Crippen molar-refractivity contribution in [3.63, 3.8) is 0 Å². The molecule has 3 atom stereocenters. The molecular formula is C12H25N. The van der Waals surface area contributed by atoms with E-state index in [-0.39, 0.29) is 0 Å². The molecule has 0 radical (unpaired) electrons. The minimum absolute atomic E-state index is 0.421. The monoisotopic (exact) mass is 183 g/mol.